The maximum Gasteiger partial charge on any atom is 0.292 e. The molecule has 1 aliphatic heterocycles. The highest BCUT2D eigenvalue weighted by atomic mass is 31.2. The van der Waals surface area contributed by atoms with Crippen molar-refractivity contribution < 1.29 is 14.2 Å². The van der Waals surface area contributed by atoms with Gasteiger partial charge >= 0.3 is 0 Å². The van der Waals surface area contributed by atoms with E-state index in [0.29, 0.717) is 11.1 Å². The minimum absolute atomic E-state index is 0.170. The molecule has 1 aliphatic rings. The lowest BCUT2D eigenvalue weighted by Gasteiger charge is -2.41. The van der Waals surface area contributed by atoms with Gasteiger partial charge in [-0.1, -0.05) is 78.4 Å². The van der Waals surface area contributed by atoms with Gasteiger partial charge in [0.05, 0.1) is 5.30 Å². The number of fused-ring (bicyclic) bond motifs is 3. The molecule has 0 saturated carbocycles. The van der Waals surface area contributed by atoms with Gasteiger partial charge in [0.2, 0.25) is 0 Å². The standard InChI is InChI=1S/C27H23O3P/c1-19-11-13-20(14-12-19)27(2,21-15-17-22(28)18-16-21)31(29)26-10-6-4-8-24(26)23-7-3-5-9-25(23)30-31/h3-18,28H,1-2H3. The highest BCUT2D eigenvalue weighted by Crippen LogP contribution is 2.68. The maximum absolute atomic E-state index is 15.1. The molecule has 31 heavy (non-hydrogen) atoms. The zero-order chi connectivity index (χ0) is 21.6. The van der Waals surface area contributed by atoms with E-state index in [1.54, 1.807) is 12.1 Å². The van der Waals surface area contributed by atoms with E-state index in [9.17, 15) is 5.11 Å². The first-order valence-corrected chi connectivity index (χ1v) is 11.9. The number of hydrogen-bond acceptors (Lipinski definition) is 3. The van der Waals surface area contributed by atoms with Crippen LogP contribution in [0.5, 0.6) is 11.5 Å². The molecule has 154 valence electrons. The second-order valence-electron chi connectivity index (χ2n) is 8.14. The monoisotopic (exact) mass is 426 g/mol. The first-order valence-electron chi connectivity index (χ1n) is 10.3. The summed E-state index contributed by atoms with van der Waals surface area (Å²) >= 11 is 0. The lowest BCUT2D eigenvalue weighted by Crippen LogP contribution is -2.34. The van der Waals surface area contributed by atoms with Gasteiger partial charge in [-0.15, -0.1) is 0 Å². The van der Waals surface area contributed by atoms with E-state index in [1.807, 2.05) is 98.8 Å². The van der Waals surface area contributed by atoms with Crippen molar-refractivity contribution in [1.82, 2.24) is 0 Å². The van der Waals surface area contributed by atoms with Gasteiger partial charge in [-0.25, -0.2) is 0 Å². The maximum atomic E-state index is 15.1. The molecule has 0 amide bonds. The molecule has 0 bridgehead atoms. The Morgan fingerprint density at radius 3 is 1.97 bits per heavy atom. The molecule has 0 aliphatic carbocycles. The van der Waals surface area contributed by atoms with Gasteiger partial charge in [0.15, 0.2) is 0 Å². The molecular formula is C27H23O3P. The number of benzene rings is 4. The molecule has 0 fully saturated rings. The molecule has 4 heteroatoms. The average Bonchev–Trinajstić information content (AvgIpc) is 2.80. The number of para-hydroxylation sites is 1. The Morgan fingerprint density at radius 1 is 0.742 bits per heavy atom. The minimum Gasteiger partial charge on any atom is -0.508 e. The fourth-order valence-corrected chi connectivity index (χ4v) is 7.39. The van der Waals surface area contributed by atoms with Crippen LogP contribution >= 0.6 is 7.37 Å². The van der Waals surface area contributed by atoms with Crippen LogP contribution in [0.4, 0.5) is 0 Å². The van der Waals surface area contributed by atoms with Crippen molar-refractivity contribution in [3.8, 4) is 22.6 Å². The fraction of sp³-hybridized carbons (Fsp3) is 0.111. The third kappa shape index (κ3) is 2.92. The van der Waals surface area contributed by atoms with Gasteiger partial charge in [-0.2, -0.15) is 0 Å². The second-order valence-corrected chi connectivity index (χ2v) is 10.8. The fourth-order valence-electron chi connectivity index (χ4n) is 4.42. The van der Waals surface area contributed by atoms with Crippen molar-refractivity contribution in [2.24, 2.45) is 0 Å². The highest BCUT2D eigenvalue weighted by molar-refractivity contribution is 7.69. The smallest absolute Gasteiger partial charge is 0.292 e. The Kier molecular flexibility index (Phi) is 4.53. The van der Waals surface area contributed by atoms with Gasteiger partial charge in [0.25, 0.3) is 7.37 Å². The topological polar surface area (TPSA) is 46.5 Å². The number of hydrogen-bond donors (Lipinski definition) is 1. The van der Waals surface area contributed by atoms with E-state index in [4.69, 9.17) is 4.52 Å². The van der Waals surface area contributed by atoms with Crippen molar-refractivity contribution in [2.75, 3.05) is 0 Å². The van der Waals surface area contributed by atoms with Gasteiger partial charge in [-0.3, -0.25) is 4.57 Å². The first-order chi connectivity index (χ1) is 14.9. The molecule has 0 spiro atoms. The SMILES string of the molecule is Cc1ccc(C(C)(c2ccc(O)cc2)P2(=O)Oc3ccccc3-c3ccccc32)cc1. The summed E-state index contributed by atoms with van der Waals surface area (Å²) < 4.78 is 21.6. The Morgan fingerprint density at radius 2 is 1.29 bits per heavy atom. The molecule has 0 aromatic heterocycles. The zero-order valence-corrected chi connectivity index (χ0v) is 18.3. The normalized spacial score (nSPS) is 18.9. The Bertz CT molecular complexity index is 1260. The number of aryl methyl sites for hydroxylation is 1. The lowest BCUT2D eigenvalue weighted by atomic mass is 9.91. The summed E-state index contributed by atoms with van der Waals surface area (Å²) in [5.41, 5.74) is 4.74. The molecule has 0 radical (unpaired) electrons. The summed E-state index contributed by atoms with van der Waals surface area (Å²) in [7, 11) is -3.51. The van der Waals surface area contributed by atoms with Gasteiger partial charge in [0, 0.05) is 5.56 Å². The van der Waals surface area contributed by atoms with Crippen LogP contribution in [0.1, 0.15) is 23.6 Å². The quantitative estimate of drug-likeness (QED) is 0.374. The molecule has 3 nitrogen and oxygen atoms in total. The Hall–Kier alpha value is -3.29. The molecule has 5 rings (SSSR count). The van der Waals surface area contributed by atoms with Crippen LogP contribution in [0, 0.1) is 6.92 Å². The molecule has 1 heterocycles. The zero-order valence-electron chi connectivity index (χ0n) is 17.4. The molecular weight excluding hydrogens is 403 g/mol. The summed E-state index contributed by atoms with van der Waals surface area (Å²) in [5.74, 6) is 0.797. The van der Waals surface area contributed by atoms with Crippen LogP contribution < -0.4 is 9.83 Å². The Balaban J connectivity index is 1.84. The van der Waals surface area contributed by atoms with Crippen LogP contribution in [0.25, 0.3) is 11.1 Å². The van der Waals surface area contributed by atoms with E-state index in [-0.39, 0.29) is 5.75 Å². The molecule has 2 atom stereocenters. The van der Waals surface area contributed by atoms with E-state index < -0.39 is 12.5 Å². The third-order valence-corrected chi connectivity index (χ3v) is 9.43. The average molecular weight is 426 g/mol. The van der Waals surface area contributed by atoms with Gasteiger partial charge in [0.1, 0.15) is 16.7 Å². The van der Waals surface area contributed by atoms with E-state index in [2.05, 4.69) is 0 Å². The highest BCUT2D eigenvalue weighted by Gasteiger charge is 2.53. The molecule has 0 saturated heterocycles. The summed E-state index contributed by atoms with van der Waals surface area (Å²) in [6, 6.07) is 30.6. The number of aromatic hydroxyl groups is 1. The van der Waals surface area contributed by atoms with E-state index >= 15 is 4.57 Å². The van der Waals surface area contributed by atoms with Crippen molar-refractivity contribution in [3.05, 3.63) is 114 Å². The summed E-state index contributed by atoms with van der Waals surface area (Å²) in [4.78, 5) is 0. The van der Waals surface area contributed by atoms with E-state index in [1.165, 1.54) is 0 Å². The van der Waals surface area contributed by atoms with Crippen LogP contribution in [0.2, 0.25) is 0 Å². The van der Waals surface area contributed by atoms with Crippen molar-refractivity contribution >= 4 is 12.7 Å². The predicted molar refractivity (Wildman–Crippen MR) is 125 cm³/mol. The van der Waals surface area contributed by atoms with Crippen LogP contribution in [-0.4, -0.2) is 5.11 Å². The third-order valence-electron chi connectivity index (χ3n) is 6.26. The van der Waals surface area contributed by atoms with Gasteiger partial charge < -0.3 is 9.63 Å². The predicted octanol–water partition coefficient (Wildman–Crippen LogP) is 6.63. The summed E-state index contributed by atoms with van der Waals surface area (Å²) in [6.45, 7) is 4.02. The Labute approximate surface area is 182 Å². The number of rotatable bonds is 3. The minimum atomic E-state index is -3.51. The van der Waals surface area contributed by atoms with Crippen molar-refractivity contribution in [3.63, 3.8) is 0 Å². The lowest BCUT2D eigenvalue weighted by molar-refractivity contribution is 0.461. The number of phenols is 1. The second kappa shape index (κ2) is 7.14. The molecule has 1 N–H and O–H groups in total. The first kappa shape index (κ1) is 19.7. The van der Waals surface area contributed by atoms with Gasteiger partial charge in [-0.05, 0) is 54.8 Å². The van der Waals surface area contributed by atoms with Crippen molar-refractivity contribution in [1.29, 1.82) is 0 Å². The van der Waals surface area contributed by atoms with Crippen LogP contribution in [0.3, 0.4) is 0 Å². The molecule has 4 aromatic rings. The van der Waals surface area contributed by atoms with Crippen molar-refractivity contribution in [2.45, 2.75) is 19.0 Å². The van der Waals surface area contributed by atoms with E-state index in [0.717, 1.165) is 27.8 Å². The largest absolute Gasteiger partial charge is 0.508 e. The summed E-state index contributed by atoms with van der Waals surface area (Å²) in [6.07, 6.45) is 0. The number of phenolic OH excluding ortho intramolecular Hbond substituents is 1. The van der Waals surface area contributed by atoms with Crippen LogP contribution in [0.15, 0.2) is 97.1 Å². The summed E-state index contributed by atoms with van der Waals surface area (Å²) in [5, 5.41) is 9.64. The molecule has 2 unspecified atom stereocenters. The van der Waals surface area contributed by atoms with Crippen LogP contribution in [-0.2, 0) is 9.72 Å². The molecule has 4 aromatic carbocycles.